The van der Waals surface area contributed by atoms with E-state index in [0.29, 0.717) is 6.10 Å². The molecule has 1 unspecified atom stereocenters. The Hall–Kier alpha value is 0.1000. The van der Waals surface area contributed by atoms with E-state index >= 15 is 0 Å². The molecule has 4 heteroatoms. The second kappa shape index (κ2) is 6.15. The zero-order valence-electron chi connectivity index (χ0n) is 9.62. The van der Waals surface area contributed by atoms with Crippen LogP contribution in [0.3, 0.4) is 0 Å². The SMILES string of the molecule is CCc1ccc(CN2CCOC(CBr)C2)s1. The second-order valence-corrected chi connectivity index (χ2v) is 6.00. The van der Waals surface area contributed by atoms with Gasteiger partial charge in [-0.1, -0.05) is 22.9 Å². The lowest BCUT2D eigenvalue weighted by molar-refractivity contribution is -0.0178. The Labute approximate surface area is 110 Å². The summed E-state index contributed by atoms with van der Waals surface area (Å²) in [7, 11) is 0. The molecular weight excluding hydrogens is 286 g/mol. The molecule has 0 aromatic carbocycles. The number of nitrogens with zero attached hydrogens (tertiary/aromatic N) is 1. The van der Waals surface area contributed by atoms with Crippen molar-refractivity contribution in [1.29, 1.82) is 0 Å². The van der Waals surface area contributed by atoms with Gasteiger partial charge in [-0.05, 0) is 18.6 Å². The topological polar surface area (TPSA) is 12.5 Å². The highest BCUT2D eigenvalue weighted by molar-refractivity contribution is 9.09. The van der Waals surface area contributed by atoms with Crippen molar-refractivity contribution in [3.63, 3.8) is 0 Å². The zero-order chi connectivity index (χ0) is 11.4. The molecular formula is C12H18BrNOS. The van der Waals surface area contributed by atoms with Gasteiger partial charge in [0, 0.05) is 34.7 Å². The minimum atomic E-state index is 0.361. The highest BCUT2D eigenvalue weighted by Crippen LogP contribution is 2.20. The minimum Gasteiger partial charge on any atom is -0.375 e. The van der Waals surface area contributed by atoms with E-state index in [-0.39, 0.29) is 0 Å². The van der Waals surface area contributed by atoms with Crippen LogP contribution in [0.2, 0.25) is 0 Å². The molecule has 1 aliphatic heterocycles. The van der Waals surface area contributed by atoms with Gasteiger partial charge in [-0.15, -0.1) is 11.3 Å². The third kappa shape index (κ3) is 3.29. The Morgan fingerprint density at radius 3 is 3.00 bits per heavy atom. The number of halogens is 1. The standard InChI is InChI=1S/C12H18BrNOS/c1-2-11-3-4-12(16-11)9-14-5-6-15-10(7-13)8-14/h3-4,10H,2,5-9H2,1H3. The first-order valence-corrected chi connectivity index (χ1v) is 7.73. The quantitative estimate of drug-likeness (QED) is 0.793. The van der Waals surface area contributed by atoms with Crippen LogP contribution in [0.25, 0.3) is 0 Å². The summed E-state index contributed by atoms with van der Waals surface area (Å²) in [5.74, 6) is 0. The maximum Gasteiger partial charge on any atom is 0.0799 e. The Morgan fingerprint density at radius 2 is 2.31 bits per heavy atom. The molecule has 1 aliphatic rings. The van der Waals surface area contributed by atoms with Crippen molar-refractivity contribution in [1.82, 2.24) is 4.90 Å². The van der Waals surface area contributed by atoms with Crippen molar-refractivity contribution in [2.75, 3.05) is 25.0 Å². The molecule has 1 atom stereocenters. The lowest BCUT2D eigenvalue weighted by atomic mass is 10.3. The average Bonchev–Trinajstić information content (AvgIpc) is 2.77. The molecule has 2 heterocycles. The summed E-state index contributed by atoms with van der Waals surface area (Å²) in [5, 5.41) is 0.939. The maximum atomic E-state index is 5.64. The first-order valence-electron chi connectivity index (χ1n) is 5.79. The Kier molecular flexibility index (Phi) is 4.82. The van der Waals surface area contributed by atoms with E-state index in [1.54, 1.807) is 0 Å². The number of ether oxygens (including phenoxy) is 1. The van der Waals surface area contributed by atoms with Gasteiger partial charge in [0.25, 0.3) is 0 Å². The summed E-state index contributed by atoms with van der Waals surface area (Å²) < 4.78 is 5.64. The van der Waals surface area contributed by atoms with Crippen LogP contribution in [0.15, 0.2) is 12.1 Å². The van der Waals surface area contributed by atoms with Crippen LogP contribution >= 0.6 is 27.3 Å². The Balaban J connectivity index is 1.88. The number of morpholine rings is 1. The zero-order valence-corrected chi connectivity index (χ0v) is 12.0. The fourth-order valence-electron chi connectivity index (χ4n) is 1.94. The van der Waals surface area contributed by atoms with Crippen molar-refractivity contribution in [2.45, 2.75) is 26.0 Å². The number of aryl methyl sites for hydroxylation is 1. The van der Waals surface area contributed by atoms with Gasteiger partial charge < -0.3 is 4.74 Å². The number of hydrogen-bond acceptors (Lipinski definition) is 3. The van der Waals surface area contributed by atoms with Crippen molar-refractivity contribution in [3.05, 3.63) is 21.9 Å². The summed E-state index contributed by atoms with van der Waals surface area (Å²) in [6, 6.07) is 4.52. The number of rotatable bonds is 4. The lowest BCUT2D eigenvalue weighted by Crippen LogP contribution is -2.42. The van der Waals surface area contributed by atoms with E-state index in [2.05, 4.69) is 39.9 Å². The largest absolute Gasteiger partial charge is 0.375 e. The highest BCUT2D eigenvalue weighted by atomic mass is 79.9. The van der Waals surface area contributed by atoms with Crippen LogP contribution in [0.5, 0.6) is 0 Å². The van der Waals surface area contributed by atoms with E-state index in [1.165, 1.54) is 9.75 Å². The van der Waals surface area contributed by atoms with Gasteiger partial charge in [0.1, 0.15) is 0 Å². The fourth-order valence-corrected chi connectivity index (χ4v) is 3.33. The molecule has 1 aromatic heterocycles. The lowest BCUT2D eigenvalue weighted by Gasteiger charge is -2.31. The predicted octanol–water partition coefficient (Wildman–Crippen LogP) is 2.91. The molecule has 2 rings (SSSR count). The molecule has 0 spiro atoms. The minimum absolute atomic E-state index is 0.361. The molecule has 0 saturated carbocycles. The van der Waals surface area contributed by atoms with Gasteiger partial charge in [0.15, 0.2) is 0 Å². The molecule has 0 radical (unpaired) electrons. The van der Waals surface area contributed by atoms with Gasteiger partial charge in [0.2, 0.25) is 0 Å². The normalized spacial score (nSPS) is 22.5. The average molecular weight is 304 g/mol. The molecule has 1 aromatic rings. The molecule has 0 bridgehead atoms. The summed E-state index contributed by atoms with van der Waals surface area (Å²) in [6.07, 6.45) is 1.51. The third-order valence-corrected chi connectivity index (χ3v) is 4.78. The van der Waals surface area contributed by atoms with E-state index < -0.39 is 0 Å². The molecule has 2 nitrogen and oxygen atoms in total. The Morgan fingerprint density at radius 1 is 1.50 bits per heavy atom. The number of hydrogen-bond donors (Lipinski definition) is 0. The van der Waals surface area contributed by atoms with Gasteiger partial charge in [0.05, 0.1) is 12.7 Å². The first kappa shape index (κ1) is 12.6. The van der Waals surface area contributed by atoms with Gasteiger partial charge >= 0.3 is 0 Å². The van der Waals surface area contributed by atoms with Crippen molar-refractivity contribution >= 4 is 27.3 Å². The predicted molar refractivity (Wildman–Crippen MR) is 72.5 cm³/mol. The molecule has 0 aliphatic carbocycles. The van der Waals surface area contributed by atoms with E-state index in [4.69, 9.17) is 4.74 Å². The Bertz CT molecular complexity index is 329. The van der Waals surface area contributed by atoms with E-state index in [1.807, 2.05) is 11.3 Å². The summed E-state index contributed by atoms with van der Waals surface area (Å²) in [4.78, 5) is 5.45. The highest BCUT2D eigenvalue weighted by Gasteiger charge is 2.19. The fraction of sp³-hybridized carbons (Fsp3) is 0.667. The van der Waals surface area contributed by atoms with Crippen LogP contribution in [0.1, 0.15) is 16.7 Å². The second-order valence-electron chi connectivity index (χ2n) is 4.10. The number of alkyl halides is 1. The van der Waals surface area contributed by atoms with Gasteiger partial charge in [-0.2, -0.15) is 0 Å². The van der Waals surface area contributed by atoms with Crippen molar-refractivity contribution in [3.8, 4) is 0 Å². The third-order valence-electron chi connectivity index (χ3n) is 2.84. The van der Waals surface area contributed by atoms with Crippen LogP contribution in [-0.2, 0) is 17.7 Å². The van der Waals surface area contributed by atoms with E-state index in [9.17, 15) is 0 Å². The summed E-state index contributed by atoms with van der Waals surface area (Å²) in [5.41, 5.74) is 0. The van der Waals surface area contributed by atoms with Crippen LogP contribution < -0.4 is 0 Å². The monoisotopic (exact) mass is 303 g/mol. The van der Waals surface area contributed by atoms with Gasteiger partial charge in [-0.25, -0.2) is 0 Å². The van der Waals surface area contributed by atoms with E-state index in [0.717, 1.165) is 38.0 Å². The molecule has 1 saturated heterocycles. The van der Waals surface area contributed by atoms with Crippen LogP contribution in [0.4, 0.5) is 0 Å². The molecule has 90 valence electrons. The smallest absolute Gasteiger partial charge is 0.0799 e. The maximum absolute atomic E-state index is 5.64. The molecule has 1 fully saturated rings. The summed E-state index contributed by atoms with van der Waals surface area (Å²) >= 11 is 5.43. The molecule has 0 amide bonds. The van der Waals surface area contributed by atoms with Crippen LogP contribution in [0, 0.1) is 0 Å². The first-order chi connectivity index (χ1) is 7.81. The van der Waals surface area contributed by atoms with Crippen molar-refractivity contribution in [2.24, 2.45) is 0 Å². The number of thiophene rings is 1. The van der Waals surface area contributed by atoms with Crippen molar-refractivity contribution < 1.29 is 4.74 Å². The molecule has 16 heavy (non-hydrogen) atoms. The van der Waals surface area contributed by atoms with Gasteiger partial charge in [-0.3, -0.25) is 4.90 Å². The molecule has 0 N–H and O–H groups in total. The summed E-state index contributed by atoms with van der Waals surface area (Å²) in [6.45, 7) is 6.26. The van der Waals surface area contributed by atoms with Crippen LogP contribution in [-0.4, -0.2) is 36.0 Å².